The van der Waals surface area contributed by atoms with Crippen molar-refractivity contribution in [3.8, 4) is 0 Å². The molecule has 1 aromatic rings. The lowest BCUT2D eigenvalue weighted by Crippen LogP contribution is -2.28. The lowest BCUT2D eigenvalue weighted by Gasteiger charge is -2.24. The van der Waals surface area contributed by atoms with Crippen molar-refractivity contribution in [2.45, 2.75) is 50.6 Å². The van der Waals surface area contributed by atoms with Crippen LogP contribution in [0.25, 0.3) is 0 Å². The van der Waals surface area contributed by atoms with Crippen LogP contribution in [0.15, 0.2) is 24.3 Å². The van der Waals surface area contributed by atoms with Gasteiger partial charge in [0.1, 0.15) is 0 Å². The Bertz CT molecular complexity index is 461. The first-order valence-electron chi connectivity index (χ1n) is 6.34. The number of hydrogen-bond donors (Lipinski definition) is 1. The van der Waals surface area contributed by atoms with E-state index in [-0.39, 0.29) is 24.8 Å². The van der Waals surface area contributed by atoms with Crippen LogP contribution in [0.3, 0.4) is 0 Å². The van der Waals surface area contributed by atoms with E-state index in [1.807, 2.05) is 0 Å². The van der Waals surface area contributed by atoms with Crippen molar-refractivity contribution in [2.75, 3.05) is 0 Å². The van der Waals surface area contributed by atoms with Gasteiger partial charge in [-0.25, -0.2) is 0 Å². The zero-order valence-electron chi connectivity index (χ0n) is 11.4. The first-order valence-corrected chi connectivity index (χ1v) is 6.34. The predicted molar refractivity (Wildman–Crippen MR) is 65.7 cm³/mol. The minimum atomic E-state index is -4.49. The van der Waals surface area contributed by atoms with Crippen molar-refractivity contribution in [3.05, 3.63) is 35.4 Å². The number of aliphatic hydroxyl groups is 1. The van der Waals surface area contributed by atoms with Crippen LogP contribution in [0.2, 0.25) is 0 Å². The molecule has 1 aromatic carbocycles. The molecule has 21 heavy (non-hydrogen) atoms. The maximum Gasteiger partial charge on any atom is 0.416 e. The molecule has 0 bridgehead atoms. The molecule has 0 spiro atoms. The Morgan fingerprint density at radius 3 is 2.14 bits per heavy atom. The molecule has 0 aromatic heterocycles. The standard InChI is InChI=1S/C14H16F6O/c1-12(21,6-3-7-13(15,16)17)9-10-4-2-5-11(8-10)14(18,19)20/h2,4-5,8,21H,3,6-7,9H2,1H3. The third kappa shape index (κ3) is 6.84. The Labute approximate surface area is 118 Å². The number of hydrogen-bond acceptors (Lipinski definition) is 1. The van der Waals surface area contributed by atoms with E-state index in [1.54, 1.807) is 0 Å². The molecule has 120 valence electrons. The Hall–Kier alpha value is -1.24. The average Bonchev–Trinajstić information content (AvgIpc) is 2.25. The zero-order valence-corrected chi connectivity index (χ0v) is 11.4. The van der Waals surface area contributed by atoms with Gasteiger partial charge in [0.15, 0.2) is 0 Å². The fourth-order valence-corrected chi connectivity index (χ4v) is 2.06. The van der Waals surface area contributed by atoms with E-state index in [9.17, 15) is 31.4 Å². The van der Waals surface area contributed by atoms with Gasteiger partial charge in [-0.05, 0) is 31.4 Å². The van der Waals surface area contributed by atoms with Gasteiger partial charge in [0.25, 0.3) is 0 Å². The van der Waals surface area contributed by atoms with Gasteiger partial charge in [-0.15, -0.1) is 0 Å². The highest BCUT2D eigenvalue weighted by molar-refractivity contribution is 5.26. The third-order valence-corrected chi connectivity index (χ3v) is 3.01. The molecule has 0 radical (unpaired) electrons. The first-order chi connectivity index (χ1) is 9.39. The van der Waals surface area contributed by atoms with Crippen LogP contribution < -0.4 is 0 Å². The number of benzene rings is 1. The Balaban J connectivity index is 2.67. The topological polar surface area (TPSA) is 20.2 Å². The molecule has 0 aliphatic rings. The lowest BCUT2D eigenvalue weighted by molar-refractivity contribution is -0.138. The van der Waals surface area contributed by atoms with Crippen molar-refractivity contribution in [3.63, 3.8) is 0 Å². The first kappa shape index (κ1) is 17.8. The highest BCUT2D eigenvalue weighted by atomic mass is 19.4. The number of rotatable bonds is 5. The maximum absolute atomic E-state index is 12.5. The monoisotopic (exact) mass is 314 g/mol. The summed E-state index contributed by atoms with van der Waals surface area (Å²) < 4.78 is 73.7. The molecule has 0 amide bonds. The minimum absolute atomic E-state index is 0.130. The van der Waals surface area contributed by atoms with Crippen LogP contribution in [0.4, 0.5) is 26.3 Å². The molecule has 1 atom stereocenters. The van der Waals surface area contributed by atoms with Gasteiger partial charge in [0, 0.05) is 12.8 Å². The van der Waals surface area contributed by atoms with E-state index >= 15 is 0 Å². The second-order valence-electron chi connectivity index (χ2n) is 5.34. The molecule has 0 saturated carbocycles. The summed E-state index contributed by atoms with van der Waals surface area (Å²) in [7, 11) is 0. The van der Waals surface area contributed by atoms with Gasteiger partial charge in [-0.3, -0.25) is 0 Å². The van der Waals surface area contributed by atoms with Crippen molar-refractivity contribution in [1.29, 1.82) is 0 Å². The molecular formula is C14H16F6O. The smallest absolute Gasteiger partial charge is 0.390 e. The lowest BCUT2D eigenvalue weighted by atomic mass is 9.90. The molecule has 7 heteroatoms. The summed E-state index contributed by atoms with van der Waals surface area (Å²) in [6, 6.07) is 4.43. The van der Waals surface area contributed by atoms with Crippen LogP contribution in [-0.2, 0) is 12.6 Å². The Morgan fingerprint density at radius 2 is 1.62 bits per heavy atom. The molecule has 0 aliphatic heterocycles. The molecule has 1 N–H and O–H groups in total. The fraction of sp³-hybridized carbons (Fsp3) is 0.571. The zero-order chi connectivity index (χ0) is 16.3. The van der Waals surface area contributed by atoms with Gasteiger partial charge in [0.2, 0.25) is 0 Å². The predicted octanol–water partition coefficient (Wildman–Crippen LogP) is 4.73. The maximum atomic E-state index is 12.5. The molecule has 1 rings (SSSR count). The van der Waals surface area contributed by atoms with E-state index < -0.39 is 29.9 Å². The summed E-state index contributed by atoms with van der Waals surface area (Å²) in [5.41, 5.74) is -2.08. The van der Waals surface area contributed by atoms with Crippen LogP contribution in [0.5, 0.6) is 0 Å². The molecule has 0 heterocycles. The average molecular weight is 314 g/mol. The minimum Gasteiger partial charge on any atom is -0.390 e. The summed E-state index contributed by atoms with van der Waals surface area (Å²) in [6.07, 6.45) is -10.3. The number of alkyl halides is 6. The van der Waals surface area contributed by atoms with Gasteiger partial charge < -0.3 is 5.11 Å². The summed E-state index contributed by atoms with van der Waals surface area (Å²) in [6.45, 7) is 1.32. The second kappa shape index (κ2) is 6.25. The van der Waals surface area contributed by atoms with Crippen LogP contribution in [0.1, 0.15) is 37.3 Å². The van der Waals surface area contributed by atoms with E-state index in [2.05, 4.69) is 0 Å². The summed E-state index contributed by atoms with van der Waals surface area (Å²) in [4.78, 5) is 0. The van der Waals surface area contributed by atoms with Crippen LogP contribution >= 0.6 is 0 Å². The second-order valence-corrected chi connectivity index (χ2v) is 5.34. The Kier molecular flexibility index (Phi) is 5.30. The quantitative estimate of drug-likeness (QED) is 0.779. The van der Waals surface area contributed by atoms with Gasteiger partial charge >= 0.3 is 12.4 Å². The van der Waals surface area contributed by atoms with Crippen LogP contribution in [0, 0.1) is 0 Å². The van der Waals surface area contributed by atoms with Gasteiger partial charge in [-0.1, -0.05) is 18.2 Å². The molecular weight excluding hydrogens is 298 g/mol. The molecule has 1 nitrogen and oxygen atoms in total. The van der Waals surface area contributed by atoms with Gasteiger partial charge in [-0.2, -0.15) is 26.3 Å². The highest BCUT2D eigenvalue weighted by Crippen LogP contribution is 2.31. The van der Waals surface area contributed by atoms with Crippen LogP contribution in [-0.4, -0.2) is 16.9 Å². The van der Waals surface area contributed by atoms with Crippen molar-refractivity contribution < 1.29 is 31.4 Å². The van der Waals surface area contributed by atoms with Gasteiger partial charge in [0.05, 0.1) is 11.2 Å². The SMILES string of the molecule is CC(O)(CCCC(F)(F)F)Cc1cccc(C(F)(F)F)c1. The largest absolute Gasteiger partial charge is 0.416 e. The molecule has 0 fully saturated rings. The number of halogens is 6. The third-order valence-electron chi connectivity index (χ3n) is 3.01. The normalized spacial score (nSPS) is 15.8. The van der Waals surface area contributed by atoms with Crippen molar-refractivity contribution >= 4 is 0 Å². The summed E-state index contributed by atoms with van der Waals surface area (Å²) >= 11 is 0. The summed E-state index contributed by atoms with van der Waals surface area (Å²) in [5.74, 6) is 0. The Morgan fingerprint density at radius 1 is 1.00 bits per heavy atom. The fourth-order valence-electron chi connectivity index (χ4n) is 2.06. The van der Waals surface area contributed by atoms with Crippen molar-refractivity contribution in [1.82, 2.24) is 0 Å². The molecule has 0 aliphatic carbocycles. The van der Waals surface area contributed by atoms with E-state index in [0.29, 0.717) is 0 Å². The molecule has 1 unspecified atom stereocenters. The summed E-state index contributed by atoms with van der Waals surface area (Å²) in [5, 5.41) is 10.0. The molecule has 0 saturated heterocycles. The van der Waals surface area contributed by atoms with E-state index in [1.165, 1.54) is 19.1 Å². The van der Waals surface area contributed by atoms with Crippen molar-refractivity contribution in [2.24, 2.45) is 0 Å². The van der Waals surface area contributed by atoms with E-state index in [0.717, 1.165) is 12.1 Å². The highest BCUT2D eigenvalue weighted by Gasteiger charge is 2.32. The van der Waals surface area contributed by atoms with E-state index in [4.69, 9.17) is 0 Å².